The Balaban J connectivity index is 1.53. The van der Waals surface area contributed by atoms with Crippen molar-refractivity contribution in [2.24, 2.45) is 5.73 Å². The fourth-order valence-corrected chi connectivity index (χ4v) is 4.46. The zero-order chi connectivity index (χ0) is 22.9. The molecule has 0 radical (unpaired) electrons. The number of thiazole rings is 1. The van der Waals surface area contributed by atoms with Crippen molar-refractivity contribution in [3.63, 3.8) is 0 Å². The van der Waals surface area contributed by atoms with Gasteiger partial charge < -0.3 is 24.8 Å². The van der Waals surface area contributed by atoms with E-state index in [1.54, 1.807) is 11.8 Å². The van der Waals surface area contributed by atoms with Gasteiger partial charge in [0.25, 0.3) is 0 Å². The molecule has 0 aliphatic carbocycles. The van der Waals surface area contributed by atoms with E-state index < -0.39 is 18.1 Å². The Morgan fingerprint density at radius 1 is 1.25 bits per heavy atom. The zero-order valence-electron chi connectivity index (χ0n) is 17.7. The van der Waals surface area contributed by atoms with E-state index in [-0.39, 0.29) is 25.9 Å². The van der Waals surface area contributed by atoms with Gasteiger partial charge in [-0.25, -0.2) is 9.78 Å². The van der Waals surface area contributed by atoms with Gasteiger partial charge in [0.2, 0.25) is 0 Å². The van der Waals surface area contributed by atoms with Crippen molar-refractivity contribution < 1.29 is 23.8 Å². The summed E-state index contributed by atoms with van der Waals surface area (Å²) >= 11 is 4.68. The number of hydrogen-bond acceptors (Lipinski definition) is 8. The van der Waals surface area contributed by atoms with Crippen LogP contribution in [0.15, 0.2) is 52.0 Å². The van der Waals surface area contributed by atoms with Crippen molar-refractivity contribution in [2.45, 2.75) is 32.1 Å². The molecule has 1 aliphatic heterocycles. The third-order valence-electron chi connectivity index (χ3n) is 4.84. The van der Waals surface area contributed by atoms with Crippen molar-refractivity contribution in [3.8, 4) is 0 Å². The van der Waals surface area contributed by atoms with Crippen LogP contribution in [0.2, 0.25) is 0 Å². The molecule has 0 spiro atoms. The molecule has 10 heteroatoms. The summed E-state index contributed by atoms with van der Waals surface area (Å²) in [6, 6.07) is 8.58. The van der Waals surface area contributed by atoms with E-state index in [0.29, 0.717) is 29.1 Å². The second-order valence-corrected chi connectivity index (χ2v) is 8.82. The highest BCUT2D eigenvalue weighted by atomic mass is 79.9. The van der Waals surface area contributed by atoms with E-state index in [2.05, 4.69) is 20.9 Å². The zero-order valence-corrected chi connectivity index (χ0v) is 20.1. The highest BCUT2D eigenvalue weighted by Gasteiger charge is 2.31. The minimum absolute atomic E-state index is 0.238. The van der Waals surface area contributed by atoms with Gasteiger partial charge in [0, 0.05) is 18.5 Å². The molecule has 1 amide bonds. The molecule has 2 aromatic rings. The van der Waals surface area contributed by atoms with Gasteiger partial charge >= 0.3 is 12.1 Å². The maximum absolute atomic E-state index is 12.3. The van der Waals surface area contributed by atoms with Gasteiger partial charge in [-0.05, 0) is 40.4 Å². The monoisotopic (exact) mass is 523 g/mol. The number of ether oxygens (including phenoxy) is 3. The van der Waals surface area contributed by atoms with Gasteiger partial charge in [-0.1, -0.05) is 36.4 Å². The Morgan fingerprint density at radius 2 is 2.03 bits per heavy atom. The number of benzene rings is 1. The van der Waals surface area contributed by atoms with Crippen LogP contribution in [0.4, 0.5) is 4.79 Å². The van der Waals surface area contributed by atoms with Crippen LogP contribution in [0.1, 0.15) is 30.0 Å². The van der Waals surface area contributed by atoms with E-state index in [4.69, 9.17) is 19.9 Å². The Kier molecular flexibility index (Phi) is 9.22. The molecule has 32 heavy (non-hydrogen) atoms. The van der Waals surface area contributed by atoms with Crippen LogP contribution in [0.25, 0.3) is 0 Å². The minimum atomic E-state index is -0.985. The molecule has 2 N–H and O–H groups in total. The summed E-state index contributed by atoms with van der Waals surface area (Å²) in [5.41, 5.74) is 8.08. The Labute approximate surface area is 199 Å². The standard InChI is InChI=1S/C22H26BrN3O5S/c1-2-29-21(27)18(24)19(20-25-17(23)14-32-20)30-12-16-8-10-26(11-9-16)22(28)31-13-15-6-4-3-5-7-15/h3-8,14,18-19H,2,9-13,24H2,1H3/t18-,19-/m0/s1. The molecule has 172 valence electrons. The number of carbonyl (C=O) groups excluding carboxylic acids is 2. The number of amides is 1. The number of esters is 1. The molecule has 0 bridgehead atoms. The molecule has 0 fully saturated rings. The highest BCUT2D eigenvalue weighted by Crippen LogP contribution is 2.28. The lowest BCUT2D eigenvalue weighted by atomic mass is 10.1. The van der Waals surface area contributed by atoms with Crippen molar-refractivity contribution >= 4 is 39.3 Å². The molecular weight excluding hydrogens is 498 g/mol. The summed E-state index contributed by atoms with van der Waals surface area (Å²) in [6.45, 7) is 3.45. The topological polar surface area (TPSA) is 104 Å². The normalized spacial score (nSPS) is 15.6. The first-order valence-corrected chi connectivity index (χ1v) is 11.9. The van der Waals surface area contributed by atoms with Crippen LogP contribution in [-0.2, 0) is 25.6 Å². The number of aromatic nitrogens is 1. The maximum Gasteiger partial charge on any atom is 0.410 e. The Hall–Kier alpha value is -2.27. The van der Waals surface area contributed by atoms with Crippen LogP contribution in [0.5, 0.6) is 0 Å². The van der Waals surface area contributed by atoms with Gasteiger partial charge in [0.1, 0.15) is 28.4 Å². The molecule has 8 nitrogen and oxygen atoms in total. The lowest BCUT2D eigenvalue weighted by molar-refractivity contribution is -0.148. The van der Waals surface area contributed by atoms with E-state index in [1.165, 1.54) is 11.3 Å². The average molecular weight is 524 g/mol. The largest absolute Gasteiger partial charge is 0.465 e. The van der Waals surface area contributed by atoms with Crippen molar-refractivity contribution in [3.05, 3.63) is 62.5 Å². The predicted octanol–water partition coefficient (Wildman–Crippen LogP) is 3.82. The van der Waals surface area contributed by atoms with Crippen molar-refractivity contribution in [1.29, 1.82) is 0 Å². The Bertz CT molecular complexity index is 937. The lowest BCUT2D eigenvalue weighted by Crippen LogP contribution is -2.40. The predicted molar refractivity (Wildman–Crippen MR) is 124 cm³/mol. The van der Waals surface area contributed by atoms with Gasteiger partial charge in [-0.15, -0.1) is 11.3 Å². The quantitative estimate of drug-likeness (QED) is 0.393. The van der Waals surface area contributed by atoms with E-state index >= 15 is 0 Å². The molecule has 2 atom stereocenters. The van der Waals surface area contributed by atoms with E-state index in [0.717, 1.165) is 11.1 Å². The third kappa shape index (κ3) is 6.86. The van der Waals surface area contributed by atoms with Crippen LogP contribution in [0.3, 0.4) is 0 Å². The van der Waals surface area contributed by atoms with E-state index in [1.807, 2.05) is 41.8 Å². The fraction of sp³-hybridized carbons (Fsp3) is 0.409. The maximum atomic E-state index is 12.3. The number of nitrogens with zero attached hydrogens (tertiary/aromatic N) is 2. The SMILES string of the molecule is CCOC(=O)[C@@H](N)[C@H](OCC1=CCN(C(=O)OCc2ccccc2)CC1)c1nc(Br)cs1. The van der Waals surface area contributed by atoms with Crippen LogP contribution in [0, 0.1) is 0 Å². The van der Waals surface area contributed by atoms with Gasteiger partial charge in [0.05, 0.1) is 13.2 Å². The summed E-state index contributed by atoms with van der Waals surface area (Å²) < 4.78 is 17.1. The molecule has 0 saturated carbocycles. The van der Waals surface area contributed by atoms with Crippen molar-refractivity contribution in [1.82, 2.24) is 9.88 Å². The number of halogens is 1. The van der Waals surface area contributed by atoms with Gasteiger partial charge in [-0.3, -0.25) is 4.79 Å². The summed E-state index contributed by atoms with van der Waals surface area (Å²) in [6.07, 6.45) is 1.52. The molecule has 1 aliphatic rings. The number of rotatable bonds is 9. The van der Waals surface area contributed by atoms with Gasteiger partial charge in [-0.2, -0.15) is 0 Å². The van der Waals surface area contributed by atoms with Gasteiger partial charge in [0.15, 0.2) is 0 Å². The minimum Gasteiger partial charge on any atom is -0.465 e. The van der Waals surface area contributed by atoms with Crippen LogP contribution >= 0.6 is 27.3 Å². The molecule has 2 heterocycles. The summed E-state index contributed by atoms with van der Waals surface area (Å²) in [7, 11) is 0. The first-order chi connectivity index (χ1) is 15.5. The molecule has 3 rings (SSSR count). The first kappa shape index (κ1) is 24.4. The summed E-state index contributed by atoms with van der Waals surface area (Å²) in [5.74, 6) is -0.534. The second kappa shape index (κ2) is 12.1. The number of nitrogens with two attached hydrogens (primary N) is 1. The molecule has 0 saturated heterocycles. The molecule has 0 unspecified atom stereocenters. The second-order valence-electron chi connectivity index (χ2n) is 7.12. The average Bonchev–Trinajstić information content (AvgIpc) is 3.24. The summed E-state index contributed by atoms with van der Waals surface area (Å²) in [5, 5.41) is 2.41. The molecular formula is C22H26BrN3O5S. The van der Waals surface area contributed by atoms with E-state index in [9.17, 15) is 9.59 Å². The third-order valence-corrected chi connectivity index (χ3v) is 6.45. The highest BCUT2D eigenvalue weighted by molar-refractivity contribution is 9.10. The van der Waals surface area contributed by atoms with Crippen LogP contribution < -0.4 is 5.73 Å². The Morgan fingerprint density at radius 3 is 2.66 bits per heavy atom. The molecule has 1 aromatic carbocycles. The first-order valence-electron chi connectivity index (χ1n) is 10.3. The lowest BCUT2D eigenvalue weighted by Gasteiger charge is -2.27. The number of hydrogen-bond donors (Lipinski definition) is 1. The fourth-order valence-electron chi connectivity index (χ4n) is 3.10. The van der Waals surface area contributed by atoms with Crippen molar-refractivity contribution in [2.75, 3.05) is 26.3 Å². The smallest absolute Gasteiger partial charge is 0.410 e. The summed E-state index contributed by atoms with van der Waals surface area (Å²) in [4.78, 5) is 30.5. The number of carbonyl (C=O) groups is 2. The molecule has 1 aromatic heterocycles. The van der Waals surface area contributed by atoms with Crippen LogP contribution in [-0.4, -0.2) is 54.3 Å².